The summed E-state index contributed by atoms with van der Waals surface area (Å²) >= 11 is -0.149. The Morgan fingerprint density at radius 3 is 2.27 bits per heavy atom. The van der Waals surface area contributed by atoms with Crippen LogP contribution in [0.3, 0.4) is 0 Å². The normalized spacial score (nSPS) is 12.0. The quantitative estimate of drug-likeness (QED) is 0.130. The molecule has 0 N–H and O–H groups in total. The van der Waals surface area contributed by atoms with Crippen LogP contribution in [0.15, 0.2) is 103 Å². The van der Waals surface area contributed by atoms with Crippen molar-refractivity contribution < 1.29 is 25.9 Å². The topological polar surface area (TPSA) is 25.8 Å². The second-order valence-corrected chi connectivity index (χ2v) is 23.6. The Hall–Kier alpha value is -3.22. The molecule has 0 saturated heterocycles. The van der Waals surface area contributed by atoms with Crippen molar-refractivity contribution in [1.29, 1.82) is 0 Å². The smallest absolute Gasteiger partial charge is 0 e. The van der Waals surface area contributed by atoms with Crippen LogP contribution in [-0.2, 0) is 20.1 Å². The van der Waals surface area contributed by atoms with Gasteiger partial charge in [-0.2, -0.15) is 11.3 Å². The third kappa shape index (κ3) is 6.57. The molecule has 7 rings (SSSR count). The third-order valence-corrected chi connectivity index (χ3v) is 13.0. The van der Waals surface area contributed by atoms with Crippen molar-refractivity contribution in [1.82, 2.24) is 9.97 Å². The molecule has 0 aliphatic heterocycles. The van der Waals surface area contributed by atoms with Gasteiger partial charge < -0.3 is 4.98 Å². The molecular formula is C38H33FGeIrN2S-2. The minimum absolute atomic E-state index is 0. The van der Waals surface area contributed by atoms with E-state index in [-0.39, 0.29) is 25.9 Å². The van der Waals surface area contributed by atoms with Crippen molar-refractivity contribution >= 4 is 59.9 Å². The number of rotatable bonds is 4. The second kappa shape index (κ2) is 13.4. The number of hydrogen-bond acceptors (Lipinski definition) is 3. The van der Waals surface area contributed by atoms with Gasteiger partial charge in [-0.25, -0.2) is 4.39 Å². The molecule has 0 aliphatic carbocycles. The zero-order valence-electron chi connectivity index (χ0n) is 26.3. The number of halogens is 1. The molecule has 4 aromatic carbocycles. The average Bonchev–Trinajstić information content (AvgIpc) is 3.40. The van der Waals surface area contributed by atoms with E-state index in [9.17, 15) is 4.39 Å². The van der Waals surface area contributed by atoms with Crippen LogP contribution < -0.4 is 4.40 Å². The second-order valence-electron chi connectivity index (χ2n) is 11.9. The van der Waals surface area contributed by atoms with Gasteiger partial charge in [-0.05, 0) is 39.2 Å². The van der Waals surface area contributed by atoms with Gasteiger partial charge in [0.25, 0.3) is 0 Å². The Balaban J connectivity index is 0.000000202. The fraction of sp³-hybridized carbons (Fsp3) is 0.158. The first-order chi connectivity index (χ1) is 21.0. The number of hydrogen-bond donors (Lipinski definition) is 0. The Kier molecular flexibility index (Phi) is 9.39. The van der Waals surface area contributed by atoms with Crippen LogP contribution in [-0.4, -0.2) is 23.2 Å². The molecule has 7 aromatic rings. The fourth-order valence-electron chi connectivity index (χ4n) is 5.18. The summed E-state index contributed by atoms with van der Waals surface area (Å²) in [6, 6.07) is 35.8. The van der Waals surface area contributed by atoms with E-state index in [0.29, 0.717) is 5.39 Å². The summed E-state index contributed by atoms with van der Waals surface area (Å²) in [4.78, 5) is 9.07. The first-order valence-corrected chi connectivity index (χ1v) is 22.5. The van der Waals surface area contributed by atoms with Crippen molar-refractivity contribution in [2.24, 2.45) is 0 Å². The Morgan fingerprint density at radius 2 is 1.59 bits per heavy atom. The largest absolute Gasteiger partial charge is 0 e. The van der Waals surface area contributed by atoms with E-state index in [1.165, 1.54) is 4.40 Å². The number of fused-ring (bicyclic) bond motifs is 5. The van der Waals surface area contributed by atoms with E-state index in [4.69, 9.17) is 1.37 Å². The van der Waals surface area contributed by atoms with Gasteiger partial charge in [0.15, 0.2) is 0 Å². The molecule has 0 fully saturated rings. The number of benzene rings is 4. The van der Waals surface area contributed by atoms with Crippen LogP contribution in [0.25, 0.3) is 53.5 Å². The van der Waals surface area contributed by atoms with Gasteiger partial charge in [0, 0.05) is 37.8 Å². The summed E-state index contributed by atoms with van der Waals surface area (Å²) < 4.78 is 26.3. The van der Waals surface area contributed by atoms with Crippen molar-refractivity contribution in [3.8, 4) is 22.5 Å². The van der Waals surface area contributed by atoms with Crippen LogP contribution in [0.2, 0.25) is 17.3 Å². The molecule has 3 aromatic heterocycles. The third-order valence-electron chi connectivity index (χ3n) is 7.60. The summed E-state index contributed by atoms with van der Waals surface area (Å²) in [5.74, 6) is 6.24. The van der Waals surface area contributed by atoms with E-state index in [2.05, 4.69) is 51.5 Å². The van der Waals surface area contributed by atoms with Crippen molar-refractivity contribution in [3.05, 3.63) is 127 Å². The van der Waals surface area contributed by atoms with Crippen LogP contribution in [0, 0.1) is 17.9 Å². The summed E-state index contributed by atoms with van der Waals surface area (Å²) in [5.41, 5.74) is 4.67. The number of aromatic nitrogens is 2. The molecular weight excluding hydrogens is 800 g/mol. The molecule has 1 radical (unpaired) electrons. The molecule has 0 bridgehead atoms. The monoisotopic (exact) mass is 836 g/mol. The fourth-order valence-corrected chi connectivity index (χ4v) is 8.60. The van der Waals surface area contributed by atoms with E-state index in [1.54, 1.807) is 23.6 Å². The minimum atomic E-state index is -1.72. The van der Waals surface area contributed by atoms with Gasteiger partial charge in [-0.15, -0.1) is 23.8 Å². The summed E-state index contributed by atoms with van der Waals surface area (Å²) in [5, 5.41) is 3.72. The number of pyridine rings is 2. The molecule has 223 valence electrons. The van der Waals surface area contributed by atoms with Crippen molar-refractivity contribution in [3.63, 3.8) is 0 Å². The molecule has 2 nitrogen and oxygen atoms in total. The molecule has 0 unspecified atom stereocenters. The van der Waals surface area contributed by atoms with E-state index < -0.39 is 19.2 Å². The van der Waals surface area contributed by atoms with E-state index >= 15 is 0 Å². The molecule has 0 saturated carbocycles. The molecule has 3 heterocycles. The number of nitrogens with zero attached hydrogens (tertiary/aromatic N) is 2. The summed E-state index contributed by atoms with van der Waals surface area (Å²) in [6.45, 7) is 3.73. The number of thiophene rings is 1. The predicted molar refractivity (Wildman–Crippen MR) is 184 cm³/mol. The van der Waals surface area contributed by atoms with E-state index in [1.807, 2.05) is 92.8 Å². The molecule has 6 heteroatoms. The Labute approximate surface area is 280 Å². The molecule has 0 amide bonds. The maximum Gasteiger partial charge on any atom is 0 e. The minimum Gasteiger partial charge on any atom is 0 e. The predicted octanol–water partition coefficient (Wildman–Crippen LogP) is 10.4. The molecule has 0 aliphatic rings. The van der Waals surface area contributed by atoms with Gasteiger partial charge in [-0.3, -0.25) is 0 Å². The first kappa shape index (κ1) is 30.8. The Bertz CT molecular complexity index is 2100. The molecule has 0 spiro atoms. The van der Waals surface area contributed by atoms with Gasteiger partial charge in [0.05, 0.1) is 0 Å². The van der Waals surface area contributed by atoms with Crippen LogP contribution >= 0.6 is 11.3 Å². The maximum atomic E-state index is 14.6. The average molecular weight is 835 g/mol. The maximum absolute atomic E-state index is 14.6. The molecule has 0 atom stereocenters. The first-order valence-electron chi connectivity index (χ1n) is 14.9. The van der Waals surface area contributed by atoms with Crippen LogP contribution in [0.4, 0.5) is 4.39 Å². The van der Waals surface area contributed by atoms with Gasteiger partial charge in [0.2, 0.25) is 0 Å². The van der Waals surface area contributed by atoms with Crippen molar-refractivity contribution in [2.75, 3.05) is 0 Å². The zero-order chi connectivity index (χ0) is 31.1. The van der Waals surface area contributed by atoms with Crippen molar-refractivity contribution in [2.45, 2.75) is 37.0 Å². The van der Waals surface area contributed by atoms with Gasteiger partial charge in [-0.1, -0.05) is 55.1 Å². The van der Waals surface area contributed by atoms with Gasteiger partial charge >= 0.3 is 99.8 Å². The summed E-state index contributed by atoms with van der Waals surface area (Å²) in [6.07, 6.45) is 3.78. The SMILES string of the molecule is [2H]C(C)(C)c1ccnc(-c2[c-]ccc3c2sc2cc(F)c4ccccc4c23)c1.[CH3][Ge]([CH3])([CH3])[c]1ccc(-c2[c-]cccc2)nc1.[Ir]. The van der Waals surface area contributed by atoms with Crippen LogP contribution in [0.5, 0.6) is 0 Å². The van der Waals surface area contributed by atoms with Gasteiger partial charge in [0.1, 0.15) is 5.82 Å². The Morgan fingerprint density at radius 1 is 0.818 bits per heavy atom. The zero-order valence-corrected chi connectivity index (χ0v) is 30.6. The standard InChI is InChI=1S/C24H17FNS.C14H16GeN.Ir/c1-14(2)15-10-11-26-21(12-15)18-8-5-9-19-23-17-7-4-3-6-16(17)20(25)13-22(23)27-24(18)19;1-15(2,3)13-9-10-14(16-11-13)12-7-5-4-6-8-12;/h3-7,9-14H,1-2H3;4-7,9-11H,1-3H3;/q2*-1;/i14D;;. The van der Waals surface area contributed by atoms with E-state index in [0.717, 1.165) is 53.6 Å². The molecule has 44 heavy (non-hydrogen) atoms. The summed E-state index contributed by atoms with van der Waals surface area (Å²) in [7, 11) is 0. The van der Waals surface area contributed by atoms with Crippen LogP contribution in [0.1, 0.15) is 26.7 Å².